The van der Waals surface area contributed by atoms with Crippen molar-refractivity contribution in [2.75, 3.05) is 31.2 Å². The molecule has 2 aromatic rings. The van der Waals surface area contributed by atoms with Crippen molar-refractivity contribution in [3.63, 3.8) is 0 Å². The fraction of sp³-hybridized carbons (Fsp3) is 0.440. The first kappa shape index (κ1) is 24.1. The van der Waals surface area contributed by atoms with Gasteiger partial charge in [0.25, 0.3) is 5.91 Å². The largest absolute Gasteiger partial charge is 0.497 e. The number of hydrogen-bond acceptors (Lipinski definition) is 4. The number of methoxy groups -OCH3 is 1. The van der Waals surface area contributed by atoms with Gasteiger partial charge in [-0.25, -0.2) is 10.0 Å². The van der Waals surface area contributed by atoms with Crippen molar-refractivity contribution in [1.82, 2.24) is 5.32 Å². The maximum Gasteiger partial charge on any atom is 0.251 e. The first-order valence-electron chi connectivity index (χ1n) is 10.8. The lowest BCUT2D eigenvalue weighted by Gasteiger charge is -2.26. The Kier molecular flexibility index (Phi) is 7.51. The van der Waals surface area contributed by atoms with Crippen molar-refractivity contribution in [3.05, 3.63) is 54.1 Å². The summed E-state index contributed by atoms with van der Waals surface area (Å²) < 4.78 is 5.21. The maximum atomic E-state index is 13.2. The van der Waals surface area contributed by atoms with Crippen LogP contribution in [-0.2, 0) is 9.59 Å². The lowest BCUT2D eigenvalue weighted by atomic mass is 9.97. The van der Waals surface area contributed by atoms with Crippen molar-refractivity contribution in [2.24, 2.45) is 0 Å². The molecule has 1 saturated carbocycles. The summed E-state index contributed by atoms with van der Waals surface area (Å²) in [5, 5.41) is 16.4. The molecular weight excluding hydrogens is 424 g/mol. The standard InChI is InChI=1S/C25H34N2O4S/c1-31-20-11-7-18(8-12-20)23(27-22(28)17-25(30)15-5-6-16-25)24(29)26-19-9-13-21(14-10-19)32(2,3)4/h7-14,23,30H,5-6,15-17H2,1-4H3,(H,26,29)(H,27,28). The fourth-order valence-corrected chi connectivity index (χ4v) is 4.93. The number of nitrogens with one attached hydrogen (secondary N) is 2. The lowest BCUT2D eigenvalue weighted by Crippen LogP contribution is -2.40. The Morgan fingerprint density at radius 3 is 2.16 bits per heavy atom. The summed E-state index contributed by atoms with van der Waals surface area (Å²) in [5.74, 6) is -0.00500. The molecule has 0 radical (unpaired) electrons. The van der Waals surface area contributed by atoms with Crippen LogP contribution in [0.25, 0.3) is 0 Å². The molecule has 0 saturated heterocycles. The average molecular weight is 459 g/mol. The van der Waals surface area contributed by atoms with Crippen molar-refractivity contribution < 1.29 is 19.4 Å². The van der Waals surface area contributed by atoms with E-state index in [1.54, 1.807) is 31.4 Å². The molecular formula is C25H34N2O4S. The van der Waals surface area contributed by atoms with Gasteiger partial charge in [0, 0.05) is 5.69 Å². The van der Waals surface area contributed by atoms with Gasteiger partial charge >= 0.3 is 0 Å². The highest BCUT2D eigenvalue weighted by molar-refractivity contribution is 8.32. The predicted molar refractivity (Wildman–Crippen MR) is 131 cm³/mol. The van der Waals surface area contributed by atoms with Crippen LogP contribution in [0.4, 0.5) is 5.69 Å². The highest BCUT2D eigenvalue weighted by Crippen LogP contribution is 2.45. The van der Waals surface area contributed by atoms with Gasteiger partial charge in [-0.2, -0.15) is 0 Å². The highest BCUT2D eigenvalue weighted by Gasteiger charge is 2.34. The minimum Gasteiger partial charge on any atom is -0.497 e. The molecule has 3 N–H and O–H groups in total. The summed E-state index contributed by atoms with van der Waals surface area (Å²) in [5.41, 5.74) is 0.339. The summed E-state index contributed by atoms with van der Waals surface area (Å²) >= 11 is 0. The molecule has 0 spiro atoms. The van der Waals surface area contributed by atoms with Crippen molar-refractivity contribution >= 4 is 27.5 Å². The number of carbonyl (C=O) groups excluding carboxylic acids is 2. The monoisotopic (exact) mass is 458 g/mol. The van der Waals surface area contributed by atoms with E-state index in [4.69, 9.17) is 4.74 Å². The number of benzene rings is 2. The van der Waals surface area contributed by atoms with Crippen LogP contribution in [0.15, 0.2) is 53.4 Å². The second kappa shape index (κ2) is 9.96. The van der Waals surface area contributed by atoms with Crippen LogP contribution in [0, 0.1) is 0 Å². The number of amides is 2. The Morgan fingerprint density at radius 1 is 1.03 bits per heavy atom. The van der Waals surface area contributed by atoms with Gasteiger partial charge in [-0.15, -0.1) is 0 Å². The average Bonchev–Trinajstić information content (AvgIpc) is 3.17. The van der Waals surface area contributed by atoms with Gasteiger partial charge < -0.3 is 20.5 Å². The van der Waals surface area contributed by atoms with E-state index >= 15 is 0 Å². The quantitative estimate of drug-likeness (QED) is 0.552. The van der Waals surface area contributed by atoms with E-state index in [-0.39, 0.29) is 18.2 Å². The summed E-state index contributed by atoms with van der Waals surface area (Å²) in [7, 11) is 0.723. The predicted octanol–water partition coefficient (Wildman–Crippen LogP) is 4.24. The molecule has 0 heterocycles. The van der Waals surface area contributed by atoms with Gasteiger partial charge in [-0.3, -0.25) is 9.59 Å². The van der Waals surface area contributed by atoms with E-state index < -0.39 is 21.7 Å². The first-order chi connectivity index (χ1) is 15.1. The van der Waals surface area contributed by atoms with Gasteiger partial charge in [-0.05, 0) is 78.5 Å². The number of rotatable bonds is 8. The second-order valence-corrected chi connectivity index (χ2v) is 13.4. The summed E-state index contributed by atoms with van der Waals surface area (Å²) in [6.45, 7) is 0. The van der Waals surface area contributed by atoms with Crippen LogP contribution in [0.3, 0.4) is 0 Å². The molecule has 1 aliphatic rings. The molecule has 0 aromatic heterocycles. The van der Waals surface area contributed by atoms with E-state index in [1.807, 2.05) is 24.3 Å². The third kappa shape index (κ3) is 6.26. The number of anilines is 1. The molecule has 1 aliphatic carbocycles. The zero-order valence-corrected chi connectivity index (χ0v) is 20.1. The molecule has 0 bridgehead atoms. The Morgan fingerprint density at radius 2 is 1.62 bits per heavy atom. The number of hydrogen-bond donors (Lipinski definition) is 3. The molecule has 2 aromatic carbocycles. The van der Waals surface area contributed by atoms with E-state index in [9.17, 15) is 14.7 Å². The molecule has 1 atom stereocenters. The molecule has 2 amide bonds. The van der Waals surface area contributed by atoms with Crippen LogP contribution < -0.4 is 15.4 Å². The normalized spacial score (nSPS) is 16.8. The zero-order chi connectivity index (χ0) is 23.4. The van der Waals surface area contributed by atoms with E-state index in [0.29, 0.717) is 29.8 Å². The van der Waals surface area contributed by atoms with Crippen LogP contribution >= 0.6 is 10.0 Å². The van der Waals surface area contributed by atoms with Gasteiger partial charge in [-0.1, -0.05) is 25.0 Å². The third-order valence-electron chi connectivity index (χ3n) is 5.87. The zero-order valence-electron chi connectivity index (χ0n) is 19.3. The smallest absolute Gasteiger partial charge is 0.251 e. The number of ether oxygens (including phenoxy) is 1. The third-order valence-corrected chi connectivity index (χ3v) is 7.56. The summed E-state index contributed by atoms with van der Waals surface area (Å²) in [6.07, 6.45) is 9.70. The Hall–Kier alpha value is -2.51. The minimum atomic E-state index is -0.976. The Bertz CT molecular complexity index is 930. The Balaban J connectivity index is 1.77. The number of carbonyl (C=O) groups is 2. The SMILES string of the molecule is COc1ccc(C(NC(=O)CC2(O)CCCC2)C(=O)Nc2ccc(S(C)(C)C)cc2)cc1. The molecule has 1 fully saturated rings. The molecule has 1 unspecified atom stereocenters. The fourth-order valence-electron chi connectivity index (χ4n) is 3.98. The minimum absolute atomic E-state index is 0.00398. The van der Waals surface area contributed by atoms with Gasteiger partial charge in [0.1, 0.15) is 11.8 Å². The Labute approximate surface area is 192 Å². The molecule has 32 heavy (non-hydrogen) atoms. The first-order valence-corrected chi connectivity index (χ1v) is 13.7. The van der Waals surface area contributed by atoms with Crippen LogP contribution in [0.2, 0.25) is 0 Å². The van der Waals surface area contributed by atoms with Gasteiger partial charge in [0.15, 0.2) is 0 Å². The molecule has 3 rings (SSSR count). The van der Waals surface area contributed by atoms with E-state index in [1.165, 1.54) is 4.90 Å². The molecule has 6 nitrogen and oxygen atoms in total. The maximum absolute atomic E-state index is 13.2. The lowest BCUT2D eigenvalue weighted by molar-refractivity contribution is -0.130. The summed E-state index contributed by atoms with van der Waals surface area (Å²) in [6, 6.07) is 14.0. The van der Waals surface area contributed by atoms with Crippen molar-refractivity contribution in [1.29, 1.82) is 0 Å². The van der Waals surface area contributed by atoms with Crippen LogP contribution in [0.1, 0.15) is 43.7 Å². The van der Waals surface area contributed by atoms with Gasteiger partial charge in [0.2, 0.25) is 5.91 Å². The second-order valence-electron chi connectivity index (χ2n) is 9.23. The van der Waals surface area contributed by atoms with Crippen LogP contribution in [0.5, 0.6) is 5.75 Å². The number of aliphatic hydroxyl groups is 1. The molecule has 7 heteroatoms. The van der Waals surface area contributed by atoms with Crippen molar-refractivity contribution in [2.45, 2.75) is 48.6 Å². The molecule has 0 aliphatic heterocycles. The molecule has 174 valence electrons. The van der Waals surface area contributed by atoms with Crippen LogP contribution in [-0.4, -0.2) is 48.4 Å². The van der Waals surface area contributed by atoms with Crippen molar-refractivity contribution in [3.8, 4) is 5.75 Å². The topological polar surface area (TPSA) is 87.7 Å². The van der Waals surface area contributed by atoms with E-state index in [0.717, 1.165) is 12.8 Å². The van der Waals surface area contributed by atoms with E-state index in [2.05, 4.69) is 29.4 Å². The highest BCUT2D eigenvalue weighted by atomic mass is 32.3. The summed E-state index contributed by atoms with van der Waals surface area (Å²) in [4.78, 5) is 27.2. The van der Waals surface area contributed by atoms with Gasteiger partial charge in [0.05, 0.1) is 19.1 Å².